The molecule has 0 saturated heterocycles. The van der Waals surface area contributed by atoms with E-state index in [2.05, 4.69) is 18.7 Å². The molecule has 0 aromatic heterocycles. The van der Waals surface area contributed by atoms with Crippen molar-refractivity contribution in [3.05, 3.63) is 83.0 Å². The third-order valence-electron chi connectivity index (χ3n) is 5.21. The zero-order valence-corrected chi connectivity index (χ0v) is 16.0. The van der Waals surface area contributed by atoms with Crippen molar-refractivity contribution in [1.82, 2.24) is 9.80 Å². The first-order valence-corrected chi connectivity index (χ1v) is 9.40. The molecule has 2 aromatic carbocycles. The van der Waals surface area contributed by atoms with Gasteiger partial charge in [-0.15, -0.1) is 0 Å². The van der Waals surface area contributed by atoms with Gasteiger partial charge in [0, 0.05) is 19.6 Å². The molecule has 2 aliphatic rings. The minimum absolute atomic E-state index is 0.266. The van der Waals surface area contributed by atoms with Crippen molar-refractivity contribution in [2.24, 2.45) is 0 Å². The van der Waals surface area contributed by atoms with Gasteiger partial charge in [-0.1, -0.05) is 44.2 Å². The zero-order valence-electron chi connectivity index (χ0n) is 16.0. The van der Waals surface area contributed by atoms with E-state index in [0.717, 1.165) is 24.2 Å². The van der Waals surface area contributed by atoms with Crippen LogP contribution in [0.1, 0.15) is 40.1 Å². The summed E-state index contributed by atoms with van der Waals surface area (Å²) in [6.07, 6.45) is 2.05. The Morgan fingerprint density at radius 1 is 1.00 bits per heavy atom. The fourth-order valence-corrected chi connectivity index (χ4v) is 4.02. The molecule has 143 valence electrons. The Labute approximate surface area is 164 Å². The predicted molar refractivity (Wildman–Crippen MR) is 106 cm³/mol. The van der Waals surface area contributed by atoms with Gasteiger partial charge in [0.25, 0.3) is 11.8 Å². The summed E-state index contributed by atoms with van der Waals surface area (Å²) < 4.78 is 13.4. The van der Waals surface area contributed by atoms with Crippen LogP contribution in [0.2, 0.25) is 0 Å². The third-order valence-corrected chi connectivity index (χ3v) is 5.21. The molecule has 2 amide bonds. The van der Waals surface area contributed by atoms with E-state index in [1.165, 1.54) is 23.0 Å². The molecule has 0 bridgehead atoms. The Balaban J connectivity index is 1.73. The van der Waals surface area contributed by atoms with E-state index < -0.39 is 6.04 Å². The SMILES string of the molecule is C[C](C)CN1CC=C(c2ccc(F)cc2)[C@@H](N2C(=O)c3ccccc3C2=O)C1. The Morgan fingerprint density at radius 2 is 1.61 bits per heavy atom. The molecule has 4 nitrogen and oxygen atoms in total. The minimum atomic E-state index is -0.411. The van der Waals surface area contributed by atoms with Gasteiger partial charge in [0.05, 0.1) is 17.2 Å². The monoisotopic (exact) mass is 377 g/mol. The lowest BCUT2D eigenvalue weighted by Crippen LogP contribution is -2.50. The lowest BCUT2D eigenvalue weighted by Gasteiger charge is -2.37. The molecule has 1 radical (unpaired) electrons. The van der Waals surface area contributed by atoms with Gasteiger partial charge >= 0.3 is 0 Å². The van der Waals surface area contributed by atoms with Crippen LogP contribution in [0.25, 0.3) is 5.57 Å². The van der Waals surface area contributed by atoms with Crippen molar-refractivity contribution in [3.8, 4) is 0 Å². The number of nitrogens with zero attached hydrogens (tertiary/aromatic N) is 2. The Hall–Kier alpha value is -2.79. The number of rotatable bonds is 4. The van der Waals surface area contributed by atoms with Gasteiger partial charge in [0.1, 0.15) is 5.82 Å². The number of imide groups is 1. The molecule has 2 aliphatic heterocycles. The molecule has 0 unspecified atom stereocenters. The van der Waals surface area contributed by atoms with Crippen LogP contribution in [0.15, 0.2) is 54.6 Å². The average Bonchev–Trinajstić information content (AvgIpc) is 2.93. The summed E-state index contributed by atoms with van der Waals surface area (Å²) in [7, 11) is 0. The molecule has 0 saturated carbocycles. The highest BCUT2D eigenvalue weighted by molar-refractivity contribution is 6.22. The molecule has 5 heteroatoms. The highest BCUT2D eigenvalue weighted by atomic mass is 19.1. The molecular formula is C23H22FN2O2. The molecule has 2 heterocycles. The van der Waals surface area contributed by atoms with Crippen molar-refractivity contribution < 1.29 is 14.0 Å². The highest BCUT2D eigenvalue weighted by Gasteiger charge is 2.42. The first-order chi connectivity index (χ1) is 13.5. The number of fused-ring (bicyclic) bond motifs is 1. The molecule has 0 N–H and O–H groups in total. The van der Waals surface area contributed by atoms with Crippen molar-refractivity contribution >= 4 is 17.4 Å². The summed E-state index contributed by atoms with van der Waals surface area (Å²) in [5, 5.41) is 0. The quantitative estimate of drug-likeness (QED) is 0.761. The lowest BCUT2D eigenvalue weighted by atomic mass is 9.93. The summed E-state index contributed by atoms with van der Waals surface area (Å²) in [5.74, 6) is 0.422. The van der Waals surface area contributed by atoms with E-state index in [1.54, 1.807) is 36.4 Å². The van der Waals surface area contributed by atoms with Crippen LogP contribution in [-0.4, -0.2) is 47.3 Å². The molecule has 2 aromatic rings. The summed E-state index contributed by atoms with van der Waals surface area (Å²) >= 11 is 0. The van der Waals surface area contributed by atoms with E-state index in [0.29, 0.717) is 17.7 Å². The van der Waals surface area contributed by atoms with Gasteiger partial charge in [0.2, 0.25) is 0 Å². The summed E-state index contributed by atoms with van der Waals surface area (Å²) in [6, 6.07) is 12.8. The van der Waals surface area contributed by atoms with Gasteiger partial charge in [-0.05, 0) is 41.3 Å². The van der Waals surface area contributed by atoms with Crippen molar-refractivity contribution in [2.45, 2.75) is 19.9 Å². The Bertz CT molecular complexity index is 914. The smallest absolute Gasteiger partial charge is 0.262 e. The molecule has 0 fully saturated rings. The van der Waals surface area contributed by atoms with Crippen molar-refractivity contribution in [1.29, 1.82) is 0 Å². The number of hydrogen-bond acceptors (Lipinski definition) is 3. The summed E-state index contributed by atoms with van der Waals surface area (Å²) in [4.78, 5) is 29.7. The van der Waals surface area contributed by atoms with E-state index in [9.17, 15) is 14.0 Å². The average molecular weight is 377 g/mol. The number of carbonyl (C=O) groups is 2. The van der Waals surface area contributed by atoms with Gasteiger partial charge in [-0.2, -0.15) is 0 Å². The summed E-state index contributed by atoms with van der Waals surface area (Å²) in [6.45, 7) is 6.21. The van der Waals surface area contributed by atoms with Gasteiger partial charge in [-0.3, -0.25) is 19.4 Å². The van der Waals surface area contributed by atoms with Crippen LogP contribution < -0.4 is 0 Å². The number of carbonyl (C=O) groups excluding carboxylic acids is 2. The number of amides is 2. The molecule has 0 aliphatic carbocycles. The Kier molecular flexibility index (Phi) is 4.85. The van der Waals surface area contributed by atoms with E-state index in [-0.39, 0.29) is 17.6 Å². The maximum absolute atomic E-state index is 13.4. The van der Waals surface area contributed by atoms with Crippen LogP contribution in [-0.2, 0) is 0 Å². The molecule has 0 spiro atoms. The van der Waals surface area contributed by atoms with Crippen LogP contribution in [0.4, 0.5) is 4.39 Å². The number of benzene rings is 2. The second kappa shape index (κ2) is 7.32. The zero-order chi connectivity index (χ0) is 19.8. The lowest BCUT2D eigenvalue weighted by molar-refractivity contribution is 0.0589. The molecule has 28 heavy (non-hydrogen) atoms. The van der Waals surface area contributed by atoms with Crippen LogP contribution >= 0.6 is 0 Å². The second-order valence-corrected chi connectivity index (χ2v) is 7.61. The maximum atomic E-state index is 13.4. The van der Waals surface area contributed by atoms with Gasteiger partial charge in [-0.25, -0.2) is 4.39 Å². The van der Waals surface area contributed by atoms with Crippen LogP contribution in [0, 0.1) is 11.7 Å². The van der Waals surface area contributed by atoms with E-state index in [4.69, 9.17) is 0 Å². The number of hydrogen-bond donors (Lipinski definition) is 0. The molecule has 1 atom stereocenters. The standard InChI is InChI=1S/C23H22FN2O2/c1-15(2)13-25-12-11-18(16-7-9-17(24)10-8-16)21(14-25)26-22(27)19-5-3-4-6-20(19)23(26)28/h3-11,21H,12-14H2,1-2H3/t21-/m0/s1. The summed E-state index contributed by atoms with van der Waals surface area (Å²) in [5.41, 5.74) is 2.61. The fourth-order valence-electron chi connectivity index (χ4n) is 4.02. The first-order valence-electron chi connectivity index (χ1n) is 9.40. The van der Waals surface area contributed by atoms with E-state index in [1.807, 2.05) is 6.08 Å². The number of halogens is 1. The molecule has 4 rings (SSSR count). The largest absolute Gasteiger partial charge is 0.297 e. The van der Waals surface area contributed by atoms with Crippen LogP contribution in [0.3, 0.4) is 0 Å². The molecular weight excluding hydrogens is 355 g/mol. The van der Waals surface area contributed by atoms with E-state index >= 15 is 0 Å². The highest BCUT2D eigenvalue weighted by Crippen LogP contribution is 2.33. The van der Waals surface area contributed by atoms with Crippen LogP contribution in [0.5, 0.6) is 0 Å². The predicted octanol–water partition coefficient (Wildman–Crippen LogP) is 3.80. The Morgan fingerprint density at radius 3 is 2.18 bits per heavy atom. The fraction of sp³-hybridized carbons (Fsp3) is 0.261. The van der Waals surface area contributed by atoms with Crippen molar-refractivity contribution in [2.75, 3.05) is 19.6 Å². The normalized spacial score (nSPS) is 19.9. The first kappa shape index (κ1) is 18.6. The minimum Gasteiger partial charge on any atom is -0.297 e. The second-order valence-electron chi connectivity index (χ2n) is 7.61. The van der Waals surface area contributed by atoms with Gasteiger partial charge in [0.15, 0.2) is 0 Å². The van der Waals surface area contributed by atoms with Crippen molar-refractivity contribution in [3.63, 3.8) is 0 Å². The topological polar surface area (TPSA) is 40.6 Å². The van der Waals surface area contributed by atoms with Gasteiger partial charge < -0.3 is 0 Å². The third kappa shape index (κ3) is 3.27. The maximum Gasteiger partial charge on any atom is 0.262 e.